The van der Waals surface area contributed by atoms with E-state index in [9.17, 15) is 19.7 Å². The van der Waals surface area contributed by atoms with E-state index in [-0.39, 0.29) is 18.7 Å². The number of nitrogens with zero attached hydrogens (tertiary/aromatic N) is 1. The van der Waals surface area contributed by atoms with Crippen LogP contribution < -0.4 is 5.32 Å². The minimum Gasteiger partial charge on any atom is -0.479 e. The van der Waals surface area contributed by atoms with Crippen LogP contribution in [0.1, 0.15) is 24.8 Å². The Morgan fingerprint density at radius 1 is 1.43 bits per heavy atom. The molecule has 1 rings (SSSR count). The number of carbonyl (C=O) groups is 2. The van der Waals surface area contributed by atoms with Crippen molar-refractivity contribution in [1.29, 1.82) is 0 Å². The summed E-state index contributed by atoms with van der Waals surface area (Å²) in [5.74, 6) is -2.36. The Hall–Kier alpha value is -2.48. The monoisotopic (exact) mass is 296 g/mol. The number of aliphatic hydroxyl groups is 1. The van der Waals surface area contributed by atoms with Crippen LogP contribution >= 0.6 is 0 Å². The normalized spacial score (nSPS) is 13.2. The first-order chi connectivity index (χ1) is 9.82. The summed E-state index contributed by atoms with van der Waals surface area (Å²) in [6.07, 6.45) is -1.64. The van der Waals surface area contributed by atoms with Crippen LogP contribution in [-0.4, -0.2) is 39.7 Å². The first-order valence-corrected chi connectivity index (χ1v) is 6.26. The average molecular weight is 296 g/mol. The number of nitrogens with one attached hydrogen (secondary N) is 1. The predicted molar refractivity (Wildman–Crippen MR) is 72.8 cm³/mol. The zero-order valence-electron chi connectivity index (χ0n) is 11.4. The number of non-ortho nitro benzene ring substituents is 1. The van der Waals surface area contributed by atoms with Crippen LogP contribution in [0.3, 0.4) is 0 Å². The molecular weight excluding hydrogens is 280 g/mol. The molecule has 21 heavy (non-hydrogen) atoms. The van der Waals surface area contributed by atoms with Gasteiger partial charge in [0.15, 0.2) is 6.10 Å². The third-order valence-corrected chi connectivity index (χ3v) is 2.98. The van der Waals surface area contributed by atoms with E-state index in [0.29, 0.717) is 5.56 Å². The van der Waals surface area contributed by atoms with Crippen molar-refractivity contribution in [2.75, 3.05) is 6.54 Å². The number of aliphatic hydroxyl groups excluding tert-OH is 1. The Bertz CT molecular complexity index is 545. The van der Waals surface area contributed by atoms with Gasteiger partial charge in [-0.3, -0.25) is 14.9 Å². The van der Waals surface area contributed by atoms with Crippen molar-refractivity contribution in [3.05, 3.63) is 39.9 Å². The molecule has 0 saturated heterocycles. The molecule has 0 aromatic heterocycles. The molecule has 1 aromatic carbocycles. The summed E-state index contributed by atoms with van der Waals surface area (Å²) in [7, 11) is 0. The van der Waals surface area contributed by atoms with Gasteiger partial charge in [0.2, 0.25) is 5.91 Å². The minimum absolute atomic E-state index is 0.00552. The van der Waals surface area contributed by atoms with Gasteiger partial charge in [-0.1, -0.05) is 12.1 Å². The molecule has 8 nitrogen and oxygen atoms in total. The van der Waals surface area contributed by atoms with Crippen molar-refractivity contribution in [3.8, 4) is 0 Å². The highest BCUT2D eigenvalue weighted by molar-refractivity contribution is 5.83. The van der Waals surface area contributed by atoms with Crippen LogP contribution in [0.5, 0.6) is 0 Å². The van der Waals surface area contributed by atoms with Crippen molar-refractivity contribution in [1.82, 2.24) is 5.32 Å². The number of carbonyl (C=O) groups excluding carboxylic acids is 1. The first-order valence-electron chi connectivity index (χ1n) is 6.26. The molecule has 0 radical (unpaired) electrons. The fourth-order valence-corrected chi connectivity index (χ4v) is 1.67. The standard InChI is InChI=1S/C13H16N2O6/c1-8(9-3-2-4-10(7-9)15(20)21)12(17)14-6-5-11(16)13(18)19/h2-4,7-8,11,16H,5-6H2,1H3,(H,14,17)(H,18,19). The van der Waals surface area contributed by atoms with E-state index < -0.39 is 28.8 Å². The van der Waals surface area contributed by atoms with E-state index in [1.807, 2.05) is 0 Å². The smallest absolute Gasteiger partial charge is 0.332 e. The third-order valence-electron chi connectivity index (χ3n) is 2.98. The van der Waals surface area contributed by atoms with Crippen LogP contribution in [0.15, 0.2) is 24.3 Å². The molecule has 3 N–H and O–H groups in total. The highest BCUT2D eigenvalue weighted by Crippen LogP contribution is 2.20. The number of rotatable bonds is 7. The Morgan fingerprint density at radius 3 is 2.67 bits per heavy atom. The van der Waals surface area contributed by atoms with Crippen molar-refractivity contribution < 1.29 is 24.7 Å². The molecule has 0 bridgehead atoms. The lowest BCUT2D eigenvalue weighted by molar-refractivity contribution is -0.384. The van der Waals surface area contributed by atoms with Gasteiger partial charge in [0.1, 0.15) is 0 Å². The van der Waals surface area contributed by atoms with Crippen LogP contribution in [0.4, 0.5) is 5.69 Å². The Kier molecular flexibility index (Phi) is 5.79. The fraction of sp³-hybridized carbons (Fsp3) is 0.385. The molecule has 2 unspecified atom stereocenters. The van der Waals surface area contributed by atoms with Gasteiger partial charge in [0.05, 0.1) is 10.8 Å². The Balaban J connectivity index is 2.60. The van der Waals surface area contributed by atoms with Crippen molar-refractivity contribution in [3.63, 3.8) is 0 Å². The van der Waals surface area contributed by atoms with E-state index in [0.717, 1.165) is 0 Å². The van der Waals surface area contributed by atoms with Gasteiger partial charge in [-0.05, 0) is 12.5 Å². The quantitative estimate of drug-likeness (QED) is 0.500. The molecule has 0 spiro atoms. The maximum Gasteiger partial charge on any atom is 0.332 e. The zero-order chi connectivity index (χ0) is 16.0. The molecule has 2 atom stereocenters. The van der Waals surface area contributed by atoms with Gasteiger partial charge in [0, 0.05) is 25.1 Å². The molecule has 0 aliphatic carbocycles. The van der Waals surface area contributed by atoms with E-state index in [2.05, 4.69) is 5.32 Å². The number of carboxylic acids is 1. The Morgan fingerprint density at radius 2 is 2.10 bits per heavy atom. The molecule has 8 heteroatoms. The second-order valence-corrected chi connectivity index (χ2v) is 4.51. The van der Waals surface area contributed by atoms with E-state index in [1.165, 1.54) is 18.2 Å². The number of hydrogen-bond acceptors (Lipinski definition) is 5. The van der Waals surface area contributed by atoms with Crippen molar-refractivity contribution >= 4 is 17.6 Å². The summed E-state index contributed by atoms with van der Waals surface area (Å²) in [5.41, 5.74) is 0.383. The maximum absolute atomic E-state index is 11.9. The van der Waals surface area contributed by atoms with Gasteiger partial charge in [0.25, 0.3) is 5.69 Å². The highest BCUT2D eigenvalue weighted by Gasteiger charge is 2.18. The second kappa shape index (κ2) is 7.34. The summed E-state index contributed by atoms with van der Waals surface area (Å²) in [6, 6.07) is 5.74. The topological polar surface area (TPSA) is 130 Å². The summed E-state index contributed by atoms with van der Waals surface area (Å²) < 4.78 is 0. The molecule has 0 aliphatic heterocycles. The molecule has 0 saturated carbocycles. The second-order valence-electron chi connectivity index (χ2n) is 4.51. The van der Waals surface area contributed by atoms with E-state index >= 15 is 0 Å². The molecule has 1 amide bonds. The average Bonchev–Trinajstić information content (AvgIpc) is 2.46. The number of hydrogen-bond donors (Lipinski definition) is 3. The number of carboxylic acid groups (broad SMARTS) is 1. The molecule has 0 aliphatic rings. The van der Waals surface area contributed by atoms with Crippen LogP contribution in [-0.2, 0) is 9.59 Å². The number of benzene rings is 1. The van der Waals surface area contributed by atoms with Gasteiger partial charge >= 0.3 is 5.97 Å². The zero-order valence-corrected chi connectivity index (χ0v) is 11.4. The van der Waals surface area contributed by atoms with Gasteiger partial charge in [-0.25, -0.2) is 4.79 Å². The summed E-state index contributed by atoms with van der Waals surface area (Å²) >= 11 is 0. The molecule has 1 aromatic rings. The lowest BCUT2D eigenvalue weighted by Gasteiger charge is -2.13. The van der Waals surface area contributed by atoms with Crippen molar-refractivity contribution in [2.24, 2.45) is 0 Å². The fourth-order valence-electron chi connectivity index (χ4n) is 1.67. The summed E-state index contributed by atoms with van der Waals surface area (Å²) in [5, 5.41) is 30.7. The lowest BCUT2D eigenvalue weighted by atomic mass is 10.00. The first kappa shape index (κ1) is 16.6. The highest BCUT2D eigenvalue weighted by atomic mass is 16.6. The largest absolute Gasteiger partial charge is 0.479 e. The summed E-state index contributed by atoms with van der Waals surface area (Å²) in [6.45, 7) is 1.59. The van der Waals surface area contributed by atoms with Crippen LogP contribution in [0.25, 0.3) is 0 Å². The predicted octanol–water partition coefficient (Wildman–Crippen LogP) is 0.650. The van der Waals surface area contributed by atoms with E-state index in [1.54, 1.807) is 13.0 Å². The minimum atomic E-state index is -1.53. The van der Waals surface area contributed by atoms with Gasteiger partial charge in [-0.2, -0.15) is 0 Å². The molecular formula is C13H16N2O6. The number of aliphatic carboxylic acids is 1. The molecule has 0 heterocycles. The number of nitro groups is 1. The SMILES string of the molecule is CC(C(=O)NCCC(O)C(=O)O)c1cccc([N+](=O)[O-])c1. The van der Waals surface area contributed by atoms with E-state index in [4.69, 9.17) is 10.2 Å². The van der Waals surface area contributed by atoms with Gasteiger partial charge in [-0.15, -0.1) is 0 Å². The summed E-state index contributed by atoms with van der Waals surface area (Å²) in [4.78, 5) is 32.4. The lowest BCUT2D eigenvalue weighted by Crippen LogP contribution is -2.32. The van der Waals surface area contributed by atoms with Crippen molar-refractivity contribution in [2.45, 2.75) is 25.4 Å². The third kappa shape index (κ3) is 4.84. The number of nitro benzene ring substituents is 1. The Labute approximate surface area is 120 Å². The maximum atomic E-state index is 11.9. The van der Waals surface area contributed by atoms with Crippen LogP contribution in [0, 0.1) is 10.1 Å². The molecule has 114 valence electrons. The number of amides is 1. The molecule has 0 fully saturated rings. The van der Waals surface area contributed by atoms with Crippen LogP contribution in [0.2, 0.25) is 0 Å². The van der Waals surface area contributed by atoms with Gasteiger partial charge < -0.3 is 15.5 Å².